The van der Waals surface area contributed by atoms with E-state index in [0.717, 1.165) is 25.4 Å². The van der Waals surface area contributed by atoms with Crippen LogP contribution in [-0.2, 0) is 14.3 Å². The summed E-state index contributed by atoms with van der Waals surface area (Å²) in [6, 6.07) is 0. The van der Waals surface area contributed by atoms with Crippen molar-refractivity contribution in [3.05, 3.63) is 12.2 Å². The molecule has 0 aromatic rings. The molecule has 5 heteroatoms. The van der Waals surface area contributed by atoms with Gasteiger partial charge in [0, 0.05) is 19.3 Å². The Bertz CT molecular complexity index is 230. The summed E-state index contributed by atoms with van der Waals surface area (Å²) in [6.07, 6.45) is 6.54. The molecule has 0 aromatic carbocycles. The van der Waals surface area contributed by atoms with Crippen LogP contribution in [0.4, 0.5) is 0 Å². The molecule has 0 saturated heterocycles. The van der Waals surface area contributed by atoms with Gasteiger partial charge in [-0.3, -0.25) is 4.79 Å². The predicted octanol–water partition coefficient (Wildman–Crippen LogP) is 2.71. The minimum Gasteiger partial charge on any atom is -0.481 e. The molecular formula is C13H24O5. The smallest absolute Gasteiger partial charge is 0.327 e. The summed E-state index contributed by atoms with van der Waals surface area (Å²) in [5.41, 5.74) is 0. The van der Waals surface area contributed by atoms with Crippen LogP contribution in [0.1, 0.15) is 46.0 Å². The standard InChI is InChI=1S/C8H18O.C5H6O4/c1-3-5-7-9-8-6-4-2;6-4(7)2-1-3-5(8)9/h3-8H2,1-2H3;1-2H,3H2,(H,6,7)(H,8,9). The predicted molar refractivity (Wildman–Crippen MR) is 69.7 cm³/mol. The third-order valence-electron chi connectivity index (χ3n) is 1.84. The van der Waals surface area contributed by atoms with E-state index in [2.05, 4.69) is 13.8 Å². The molecule has 0 fully saturated rings. The summed E-state index contributed by atoms with van der Waals surface area (Å²) in [7, 11) is 0. The maximum Gasteiger partial charge on any atom is 0.327 e. The van der Waals surface area contributed by atoms with Crippen molar-refractivity contribution in [1.29, 1.82) is 0 Å². The van der Waals surface area contributed by atoms with Gasteiger partial charge in [0.1, 0.15) is 0 Å². The molecule has 2 N–H and O–H groups in total. The molecule has 0 bridgehead atoms. The molecule has 0 amide bonds. The average molecular weight is 260 g/mol. The number of carbonyl (C=O) groups is 2. The Morgan fingerprint density at radius 3 is 1.89 bits per heavy atom. The Balaban J connectivity index is 0. The van der Waals surface area contributed by atoms with Crippen molar-refractivity contribution in [2.45, 2.75) is 46.0 Å². The number of carboxylic acid groups (broad SMARTS) is 2. The molecule has 106 valence electrons. The van der Waals surface area contributed by atoms with Crippen molar-refractivity contribution < 1.29 is 24.5 Å². The lowest BCUT2D eigenvalue weighted by atomic mass is 10.3. The maximum atomic E-state index is 9.74. The number of hydrogen-bond donors (Lipinski definition) is 2. The second-order valence-electron chi connectivity index (χ2n) is 3.66. The molecule has 5 nitrogen and oxygen atoms in total. The van der Waals surface area contributed by atoms with Crippen LogP contribution in [-0.4, -0.2) is 35.4 Å². The van der Waals surface area contributed by atoms with Gasteiger partial charge in [-0.15, -0.1) is 0 Å². The van der Waals surface area contributed by atoms with Crippen LogP contribution >= 0.6 is 0 Å². The van der Waals surface area contributed by atoms with E-state index in [4.69, 9.17) is 14.9 Å². The molecule has 0 aliphatic heterocycles. The van der Waals surface area contributed by atoms with Crippen molar-refractivity contribution in [2.75, 3.05) is 13.2 Å². The van der Waals surface area contributed by atoms with Crippen LogP contribution in [0.25, 0.3) is 0 Å². The SMILES string of the molecule is CCCCOCCCC.O=C(O)C=CCC(=O)O. The summed E-state index contributed by atoms with van der Waals surface area (Å²) < 4.78 is 5.31. The quantitative estimate of drug-likeness (QED) is 0.492. The van der Waals surface area contributed by atoms with Gasteiger partial charge in [0.05, 0.1) is 6.42 Å². The zero-order chi connectivity index (χ0) is 14.2. The molecule has 0 saturated carbocycles. The van der Waals surface area contributed by atoms with Crippen LogP contribution in [0, 0.1) is 0 Å². The first-order valence-electron chi connectivity index (χ1n) is 6.23. The van der Waals surface area contributed by atoms with E-state index >= 15 is 0 Å². The first-order chi connectivity index (χ1) is 8.54. The first kappa shape index (κ1) is 19.0. The number of hydrogen-bond acceptors (Lipinski definition) is 3. The van der Waals surface area contributed by atoms with Gasteiger partial charge in [-0.25, -0.2) is 4.79 Å². The molecule has 0 aromatic heterocycles. The fourth-order valence-corrected chi connectivity index (χ4v) is 0.855. The lowest BCUT2D eigenvalue weighted by molar-refractivity contribution is -0.136. The highest BCUT2D eigenvalue weighted by molar-refractivity contribution is 5.81. The lowest BCUT2D eigenvalue weighted by Crippen LogP contribution is -1.95. The zero-order valence-electron chi connectivity index (χ0n) is 11.2. The highest BCUT2D eigenvalue weighted by Crippen LogP contribution is 1.91. The zero-order valence-corrected chi connectivity index (χ0v) is 11.2. The summed E-state index contributed by atoms with van der Waals surface area (Å²) in [5, 5.41) is 15.9. The normalized spacial score (nSPS) is 9.89. The summed E-state index contributed by atoms with van der Waals surface area (Å²) in [5.74, 6) is -2.16. The Kier molecular flexibility index (Phi) is 16.5. The van der Waals surface area contributed by atoms with E-state index in [1.165, 1.54) is 25.7 Å². The number of rotatable bonds is 9. The van der Waals surface area contributed by atoms with Crippen molar-refractivity contribution in [3.63, 3.8) is 0 Å². The average Bonchev–Trinajstić information content (AvgIpc) is 2.29. The Morgan fingerprint density at radius 2 is 1.56 bits per heavy atom. The molecule has 0 atom stereocenters. The van der Waals surface area contributed by atoms with Gasteiger partial charge in [-0.2, -0.15) is 0 Å². The molecule has 0 unspecified atom stereocenters. The maximum absolute atomic E-state index is 9.74. The van der Waals surface area contributed by atoms with Gasteiger partial charge < -0.3 is 14.9 Å². The molecule has 0 radical (unpaired) electrons. The van der Waals surface area contributed by atoms with Crippen molar-refractivity contribution in [1.82, 2.24) is 0 Å². The fourth-order valence-electron chi connectivity index (χ4n) is 0.855. The number of ether oxygens (including phenoxy) is 1. The van der Waals surface area contributed by atoms with E-state index in [-0.39, 0.29) is 6.42 Å². The third-order valence-corrected chi connectivity index (χ3v) is 1.84. The number of carboxylic acids is 2. The van der Waals surface area contributed by atoms with Crippen molar-refractivity contribution >= 4 is 11.9 Å². The molecule has 0 aliphatic carbocycles. The van der Waals surface area contributed by atoms with Gasteiger partial charge in [0.15, 0.2) is 0 Å². The van der Waals surface area contributed by atoms with Gasteiger partial charge in [0.25, 0.3) is 0 Å². The van der Waals surface area contributed by atoms with E-state index in [9.17, 15) is 9.59 Å². The highest BCUT2D eigenvalue weighted by Gasteiger charge is 1.90. The number of aliphatic carboxylic acids is 2. The molecule has 0 aliphatic rings. The second kappa shape index (κ2) is 15.6. The van der Waals surface area contributed by atoms with Crippen LogP contribution in [0.3, 0.4) is 0 Å². The van der Waals surface area contributed by atoms with Crippen LogP contribution in [0.15, 0.2) is 12.2 Å². The number of unbranched alkanes of at least 4 members (excludes halogenated alkanes) is 2. The monoisotopic (exact) mass is 260 g/mol. The minimum absolute atomic E-state index is 0.244. The highest BCUT2D eigenvalue weighted by atomic mass is 16.5. The van der Waals surface area contributed by atoms with Crippen molar-refractivity contribution in [3.8, 4) is 0 Å². The van der Waals surface area contributed by atoms with E-state index < -0.39 is 11.9 Å². The largest absolute Gasteiger partial charge is 0.481 e. The van der Waals surface area contributed by atoms with Gasteiger partial charge in [-0.1, -0.05) is 32.8 Å². The van der Waals surface area contributed by atoms with Crippen LogP contribution < -0.4 is 0 Å². The van der Waals surface area contributed by atoms with Crippen LogP contribution in [0.2, 0.25) is 0 Å². The van der Waals surface area contributed by atoms with Gasteiger partial charge in [0.2, 0.25) is 0 Å². The molecule has 0 heterocycles. The van der Waals surface area contributed by atoms with Crippen LogP contribution in [0.5, 0.6) is 0 Å². The molecule has 0 spiro atoms. The molecular weight excluding hydrogens is 236 g/mol. The molecule has 18 heavy (non-hydrogen) atoms. The van der Waals surface area contributed by atoms with E-state index in [0.29, 0.717) is 0 Å². The lowest BCUT2D eigenvalue weighted by Gasteiger charge is -1.99. The first-order valence-corrected chi connectivity index (χ1v) is 6.23. The van der Waals surface area contributed by atoms with Gasteiger partial charge >= 0.3 is 11.9 Å². The minimum atomic E-state index is -1.13. The summed E-state index contributed by atoms with van der Waals surface area (Å²) in [6.45, 7) is 6.28. The Morgan fingerprint density at radius 1 is 1.06 bits per heavy atom. The Labute approximate surface area is 108 Å². The topological polar surface area (TPSA) is 83.8 Å². The summed E-state index contributed by atoms with van der Waals surface area (Å²) in [4.78, 5) is 19.4. The molecule has 0 rings (SSSR count). The summed E-state index contributed by atoms with van der Waals surface area (Å²) >= 11 is 0. The second-order valence-corrected chi connectivity index (χ2v) is 3.66. The van der Waals surface area contributed by atoms with E-state index in [1.54, 1.807) is 0 Å². The van der Waals surface area contributed by atoms with E-state index in [1.807, 2.05) is 0 Å². The third kappa shape index (κ3) is 24.1. The Hall–Kier alpha value is -1.36. The van der Waals surface area contributed by atoms with Gasteiger partial charge in [-0.05, 0) is 12.8 Å². The van der Waals surface area contributed by atoms with Crippen molar-refractivity contribution in [2.24, 2.45) is 0 Å². The fraction of sp³-hybridized carbons (Fsp3) is 0.692.